The molecule has 3 N–H and O–H groups in total. The molecule has 0 radical (unpaired) electrons. The molecule has 0 aromatic heterocycles. The Labute approximate surface area is 117 Å². The quantitative estimate of drug-likeness (QED) is 0.646. The number of non-ortho nitro benzene ring substituents is 1. The van der Waals surface area contributed by atoms with E-state index in [0.717, 1.165) is 19.3 Å². The average Bonchev–Trinajstić information content (AvgIpc) is 2.83. The number of nitrogens with zero attached hydrogens (tertiary/aromatic N) is 1. The van der Waals surface area contributed by atoms with Crippen LogP contribution in [0.2, 0.25) is 0 Å². The van der Waals surface area contributed by atoms with Gasteiger partial charge < -0.3 is 11.1 Å². The number of carbonyl (C=O) groups excluding carboxylic acids is 1. The molecule has 1 aromatic rings. The number of nitrogens with one attached hydrogen (secondary N) is 1. The van der Waals surface area contributed by atoms with Crippen molar-refractivity contribution in [2.75, 3.05) is 0 Å². The average molecular weight is 277 g/mol. The van der Waals surface area contributed by atoms with E-state index in [2.05, 4.69) is 5.32 Å². The zero-order valence-corrected chi connectivity index (χ0v) is 11.4. The molecule has 1 saturated carbocycles. The summed E-state index contributed by atoms with van der Waals surface area (Å²) in [7, 11) is 0. The lowest BCUT2D eigenvalue weighted by molar-refractivity contribution is -0.384. The summed E-state index contributed by atoms with van der Waals surface area (Å²) in [6.45, 7) is 1.74. The number of nitrogens with two attached hydrogens (primary N) is 1. The van der Waals surface area contributed by atoms with Crippen molar-refractivity contribution in [2.24, 2.45) is 5.73 Å². The molecule has 108 valence electrons. The number of benzene rings is 1. The molecule has 1 fully saturated rings. The van der Waals surface area contributed by atoms with Gasteiger partial charge >= 0.3 is 0 Å². The van der Waals surface area contributed by atoms with Gasteiger partial charge in [-0.3, -0.25) is 14.9 Å². The number of nitro benzene ring substituents is 1. The number of hydrogen-bond donors (Lipinski definition) is 2. The molecule has 0 bridgehead atoms. The van der Waals surface area contributed by atoms with Gasteiger partial charge in [0.05, 0.1) is 10.8 Å². The summed E-state index contributed by atoms with van der Waals surface area (Å²) >= 11 is 0. The van der Waals surface area contributed by atoms with E-state index in [1.807, 2.05) is 0 Å². The van der Waals surface area contributed by atoms with Gasteiger partial charge in [0.15, 0.2) is 0 Å². The van der Waals surface area contributed by atoms with Gasteiger partial charge in [-0.15, -0.1) is 0 Å². The third-order valence-electron chi connectivity index (χ3n) is 3.87. The smallest absolute Gasteiger partial charge is 0.269 e. The summed E-state index contributed by atoms with van der Waals surface area (Å²) < 4.78 is 0. The van der Waals surface area contributed by atoms with Crippen molar-refractivity contribution in [3.63, 3.8) is 0 Å². The first kappa shape index (κ1) is 14.5. The topological polar surface area (TPSA) is 98.3 Å². The number of nitro groups is 1. The minimum Gasteiger partial charge on any atom is -0.351 e. The molecule has 2 rings (SSSR count). The van der Waals surface area contributed by atoms with Gasteiger partial charge in [0, 0.05) is 24.2 Å². The largest absolute Gasteiger partial charge is 0.351 e. The van der Waals surface area contributed by atoms with Crippen molar-refractivity contribution in [1.82, 2.24) is 5.32 Å². The Morgan fingerprint density at radius 2 is 2.25 bits per heavy atom. The number of carbonyl (C=O) groups is 1. The standard InChI is InChI=1S/C14H19N3O3/c1-9(10-4-2-5-11(8-10)17(19)20)14(18)16-13-7-3-6-12(13)15/h2,4-5,8-9,12-13H,3,6-7,15H2,1H3,(H,16,18). The summed E-state index contributed by atoms with van der Waals surface area (Å²) in [4.78, 5) is 22.5. The summed E-state index contributed by atoms with van der Waals surface area (Å²) in [5.74, 6) is -0.560. The minimum atomic E-state index is -0.457. The number of amides is 1. The summed E-state index contributed by atoms with van der Waals surface area (Å²) in [5.41, 5.74) is 6.57. The monoisotopic (exact) mass is 277 g/mol. The van der Waals surface area contributed by atoms with Crippen LogP contribution in [0.5, 0.6) is 0 Å². The number of rotatable bonds is 4. The Balaban J connectivity index is 2.06. The summed E-state index contributed by atoms with van der Waals surface area (Å²) in [5, 5.41) is 13.7. The van der Waals surface area contributed by atoms with Gasteiger partial charge in [-0.25, -0.2) is 0 Å². The van der Waals surface area contributed by atoms with E-state index in [4.69, 9.17) is 5.73 Å². The molecule has 6 nitrogen and oxygen atoms in total. The Bertz CT molecular complexity index is 518. The van der Waals surface area contributed by atoms with Gasteiger partial charge in [-0.2, -0.15) is 0 Å². The summed E-state index contributed by atoms with van der Waals surface area (Å²) in [6, 6.07) is 6.21. The van der Waals surface area contributed by atoms with Gasteiger partial charge in [0.2, 0.25) is 5.91 Å². The molecule has 1 aromatic carbocycles. The predicted molar refractivity (Wildman–Crippen MR) is 75.3 cm³/mol. The van der Waals surface area contributed by atoms with Gasteiger partial charge in [0.1, 0.15) is 0 Å². The third-order valence-corrected chi connectivity index (χ3v) is 3.87. The van der Waals surface area contributed by atoms with Crippen LogP contribution >= 0.6 is 0 Å². The molecule has 1 aliphatic rings. The molecule has 3 atom stereocenters. The van der Waals surface area contributed by atoms with Crippen LogP contribution in [0.25, 0.3) is 0 Å². The highest BCUT2D eigenvalue weighted by Gasteiger charge is 2.27. The zero-order valence-electron chi connectivity index (χ0n) is 11.4. The summed E-state index contributed by atoms with van der Waals surface area (Å²) in [6.07, 6.45) is 2.85. The first-order valence-electron chi connectivity index (χ1n) is 6.79. The van der Waals surface area contributed by atoms with Crippen molar-refractivity contribution >= 4 is 11.6 Å². The first-order valence-corrected chi connectivity index (χ1v) is 6.79. The second kappa shape index (κ2) is 6.00. The van der Waals surface area contributed by atoms with E-state index < -0.39 is 10.8 Å². The fourth-order valence-electron chi connectivity index (χ4n) is 2.53. The maximum absolute atomic E-state index is 12.2. The van der Waals surface area contributed by atoms with Gasteiger partial charge in [0.25, 0.3) is 5.69 Å². The molecular weight excluding hydrogens is 258 g/mol. The van der Waals surface area contributed by atoms with Gasteiger partial charge in [-0.05, 0) is 31.7 Å². The minimum absolute atomic E-state index is 0.000261. The van der Waals surface area contributed by atoms with E-state index in [0.29, 0.717) is 5.56 Å². The number of hydrogen-bond acceptors (Lipinski definition) is 4. The lowest BCUT2D eigenvalue weighted by atomic mass is 9.99. The molecule has 0 heterocycles. The molecular formula is C14H19N3O3. The van der Waals surface area contributed by atoms with Crippen molar-refractivity contribution in [3.8, 4) is 0 Å². The third kappa shape index (κ3) is 3.14. The second-order valence-electron chi connectivity index (χ2n) is 5.28. The van der Waals surface area contributed by atoms with E-state index in [1.54, 1.807) is 19.1 Å². The zero-order chi connectivity index (χ0) is 14.7. The van der Waals surface area contributed by atoms with E-state index >= 15 is 0 Å². The molecule has 20 heavy (non-hydrogen) atoms. The molecule has 0 saturated heterocycles. The highest BCUT2D eigenvalue weighted by Crippen LogP contribution is 2.22. The van der Waals surface area contributed by atoms with E-state index in [9.17, 15) is 14.9 Å². The molecule has 3 unspecified atom stereocenters. The fourth-order valence-corrected chi connectivity index (χ4v) is 2.53. The lowest BCUT2D eigenvalue weighted by Gasteiger charge is -2.20. The predicted octanol–water partition coefficient (Wildman–Crippen LogP) is 1.69. The van der Waals surface area contributed by atoms with Crippen LogP contribution in [-0.2, 0) is 4.79 Å². The van der Waals surface area contributed by atoms with Crippen molar-refractivity contribution < 1.29 is 9.72 Å². The molecule has 1 amide bonds. The van der Waals surface area contributed by atoms with Gasteiger partial charge in [-0.1, -0.05) is 12.1 Å². The van der Waals surface area contributed by atoms with Crippen molar-refractivity contribution in [1.29, 1.82) is 0 Å². The van der Waals surface area contributed by atoms with Crippen molar-refractivity contribution in [3.05, 3.63) is 39.9 Å². The maximum atomic E-state index is 12.2. The Morgan fingerprint density at radius 1 is 1.50 bits per heavy atom. The van der Waals surface area contributed by atoms with E-state index in [1.165, 1.54) is 12.1 Å². The Morgan fingerprint density at radius 3 is 2.85 bits per heavy atom. The van der Waals surface area contributed by atoms with Crippen LogP contribution in [-0.4, -0.2) is 22.9 Å². The normalized spacial score (nSPS) is 23.3. The highest BCUT2D eigenvalue weighted by atomic mass is 16.6. The SMILES string of the molecule is CC(C(=O)NC1CCCC1N)c1cccc([N+](=O)[O-])c1. The van der Waals surface area contributed by atoms with Crippen LogP contribution in [0.4, 0.5) is 5.69 Å². The molecule has 0 aliphatic heterocycles. The van der Waals surface area contributed by atoms with E-state index in [-0.39, 0.29) is 23.7 Å². The van der Waals surface area contributed by atoms with Crippen LogP contribution in [0.1, 0.15) is 37.7 Å². The van der Waals surface area contributed by atoms with Crippen LogP contribution in [0.15, 0.2) is 24.3 Å². The molecule has 1 aliphatic carbocycles. The highest BCUT2D eigenvalue weighted by molar-refractivity contribution is 5.83. The maximum Gasteiger partial charge on any atom is 0.269 e. The fraction of sp³-hybridized carbons (Fsp3) is 0.500. The Kier molecular flexibility index (Phi) is 4.34. The van der Waals surface area contributed by atoms with Crippen LogP contribution in [0.3, 0.4) is 0 Å². The lowest BCUT2D eigenvalue weighted by Crippen LogP contribution is -2.45. The Hall–Kier alpha value is -1.95. The first-order chi connectivity index (χ1) is 9.49. The molecule has 0 spiro atoms. The van der Waals surface area contributed by atoms with Crippen LogP contribution < -0.4 is 11.1 Å². The van der Waals surface area contributed by atoms with Crippen molar-refractivity contribution in [2.45, 2.75) is 44.2 Å². The van der Waals surface area contributed by atoms with Crippen LogP contribution in [0, 0.1) is 10.1 Å². The second-order valence-corrected chi connectivity index (χ2v) is 5.28. The molecule has 6 heteroatoms.